The van der Waals surface area contributed by atoms with Crippen molar-refractivity contribution in [3.63, 3.8) is 0 Å². The second kappa shape index (κ2) is 4.55. The molecule has 0 unspecified atom stereocenters. The van der Waals surface area contributed by atoms with Crippen molar-refractivity contribution in [3.8, 4) is 11.5 Å². The summed E-state index contributed by atoms with van der Waals surface area (Å²) in [5.41, 5.74) is 7.01. The highest BCUT2D eigenvalue weighted by molar-refractivity contribution is 7.10. The van der Waals surface area contributed by atoms with E-state index in [2.05, 4.69) is 0 Å². The van der Waals surface area contributed by atoms with Gasteiger partial charge in [-0.1, -0.05) is 6.07 Å². The van der Waals surface area contributed by atoms with Crippen LogP contribution in [0.15, 0.2) is 35.7 Å². The summed E-state index contributed by atoms with van der Waals surface area (Å²) >= 11 is 1.61. The van der Waals surface area contributed by atoms with Crippen LogP contribution in [-0.2, 0) is 0 Å². The predicted molar refractivity (Wildman–Crippen MR) is 65.0 cm³/mol. The molecule has 0 radical (unpaired) electrons. The number of ether oxygens (including phenoxy) is 1. The molecule has 2 aromatic rings. The monoisotopic (exact) mass is 235 g/mol. The molecule has 3 N–H and O–H groups in total. The van der Waals surface area contributed by atoms with Gasteiger partial charge < -0.3 is 15.6 Å². The van der Waals surface area contributed by atoms with Crippen LogP contribution in [0.2, 0.25) is 0 Å². The SMILES string of the molecule is COc1cc(O)ccc1[C@H](N)c1cccs1. The highest BCUT2D eigenvalue weighted by Gasteiger charge is 2.15. The third-order valence-corrected chi connectivity index (χ3v) is 3.36. The maximum atomic E-state index is 9.36. The van der Waals surface area contributed by atoms with Crippen molar-refractivity contribution < 1.29 is 9.84 Å². The van der Waals surface area contributed by atoms with E-state index in [1.807, 2.05) is 17.5 Å². The Labute approximate surface area is 98.1 Å². The molecular formula is C12H13NO2S. The molecule has 0 saturated heterocycles. The minimum Gasteiger partial charge on any atom is -0.508 e. The van der Waals surface area contributed by atoms with Gasteiger partial charge in [0.05, 0.1) is 13.2 Å². The fourth-order valence-electron chi connectivity index (χ4n) is 1.58. The van der Waals surface area contributed by atoms with Crippen LogP contribution in [0.5, 0.6) is 11.5 Å². The average Bonchev–Trinajstić information content (AvgIpc) is 2.81. The summed E-state index contributed by atoms with van der Waals surface area (Å²) < 4.78 is 5.21. The van der Waals surface area contributed by atoms with Gasteiger partial charge in [0.25, 0.3) is 0 Å². The predicted octanol–water partition coefficient (Wildman–Crippen LogP) is 2.51. The van der Waals surface area contributed by atoms with E-state index in [1.54, 1.807) is 36.6 Å². The lowest BCUT2D eigenvalue weighted by Crippen LogP contribution is -2.11. The lowest BCUT2D eigenvalue weighted by molar-refractivity contribution is 0.401. The molecule has 2 rings (SSSR count). The fourth-order valence-corrected chi connectivity index (χ4v) is 2.32. The Hall–Kier alpha value is -1.52. The van der Waals surface area contributed by atoms with Gasteiger partial charge in [-0.3, -0.25) is 0 Å². The van der Waals surface area contributed by atoms with Crippen LogP contribution in [0.25, 0.3) is 0 Å². The van der Waals surface area contributed by atoms with Crippen molar-refractivity contribution in [1.29, 1.82) is 0 Å². The van der Waals surface area contributed by atoms with Crippen LogP contribution >= 0.6 is 11.3 Å². The van der Waals surface area contributed by atoms with E-state index in [0.717, 1.165) is 10.4 Å². The lowest BCUT2D eigenvalue weighted by Gasteiger charge is -2.14. The minimum absolute atomic E-state index is 0.180. The first-order valence-corrected chi connectivity index (χ1v) is 5.76. The molecule has 1 atom stereocenters. The fraction of sp³-hybridized carbons (Fsp3) is 0.167. The van der Waals surface area contributed by atoms with E-state index >= 15 is 0 Å². The number of phenols is 1. The Morgan fingerprint density at radius 2 is 2.19 bits per heavy atom. The number of nitrogens with two attached hydrogens (primary N) is 1. The molecule has 0 amide bonds. The van der Waals surface area contributed by atoms with E-state index in [0.29, 0.717) is 5.75 Å². The molecule has 4 heteroatoms. The van der Waals surface area contributed by atoms with Crippen LogP contribution in [0.4, 0.5) is 0 Å². The first kappa shape index (κ1) is 11.0. The van der Waals surface area contributed by atoms with Crippen LogP contribution in [0.3, 0.4) is 0 Å². The molecule has 0 bridgehead atoms. The molecule has 0 aliphatic heterocycles. The van der Waals surface area contributed by atoms with Crippen LogP contribution in [-0.4, -0.2) is 12.2 Å². The normalized spacial score (nSPS) is 12.4. The second-order valence-corrected chi connectivity index (χ2v) is 4.40. The van der Waals surface area contributed by atoms with Gasteiger partial charge in [-0.15, -0.1) is 11.3 Å². The van der Waals surface area contributed by atoms with Gasteiger partial charge in [-0.25, -0.2) is 0 Å². The molecule has 1 aromatic heterocycles. The Morgan fingerprint density at radius 1 is 1.38 bits per heavy atom. The van der Waals surface area contributed by atoms with Crippen molar-refractivity contribution in [2.75, 3.05) is 7.11 Å². The van der Waals surface area contributed by atoms with E-state index in [9.17, 15) is 5.11 Å². The van der Waals surface area contributed by atoms with Crippen molar-refractivity contribution in [2.24, 2.45) is 5.73 Å². The summed E-state index contributed by atoms with van der Waals surface area (Å²) in [4.78, 5) is 1.07. The largest absolute Gasteiger partial charge is 0.508 e. The molecule has 0 saturated carbocycles. The van der Waals surface area contributed by atoms with Crippen LogP contribution < -0.4 is 10.5 Å². The smallest absolute Gasteiger partial charge is 0.127 e. The van der Waals surface area contributed by atoms with Gasteiger partial charge in [0, 0.05) is 16.5 Å². The highest BCUT2D eigenvalue weighted by atomic mass is 32.1. The third kappa shape index (κ3) is 2.03. The summed E-state index contributed by atoms with van der Waals surface area (Å²) in [6, 6.07) is 8.72. The van der Waals surface area contributed by atoms with E-state index in [1.165, 1.54) is 0 Å². The molecule has 84 valence electrons. The highest BCUT2D eigenvalue weighted by Crippen LogP contribution is 2.32. The number of rotatable bonds is 3. The Balaban J connectivity index is 2.40. The van der Waals surface area contributed by atoms with Crippen molar-refractivity contribution in [1.82, 2.24) is 0 Å². The molecule has 1 heterocycles. The van der Waals surface area contributed by atoms with Crippen molar-refractivity contribution >= 4 is 11.3 Å². The summed E-state index contributed by atoms with van der Waals surface area (Å²) in [6.45, 7) is 0. The molecule has 0 aliphatic rings. The number of phenolic OH excluding ortho intramolecular Hbond substituents is 1. The first-order valence-electron chi connectivity index (χ1n) is 4.88. The zero-order valence-electron chi connectivity index (χ0n) is 8.88. The maximum Gasteiger partial charge on any atom is 0.127 e. The molecule has 3 nitrogen and oxygen atoms in total. The van der Waals surface area contributed by atoms with Crippen molar-refractivity contribution in [2.45, 2.75) is 6.04 Å². The maximum absolute atomic E-state index is 9.36. The number of hydrogen-bond donors (Lipinski definition) is 2. The molecule has 1 aromatic carbocycles. The topological polar surface area (TPSA) is 55.5 Å². The Morgan fingerprint density at radius 3 is 2.81 bits per heavy atom. The average molecular weight is 235 g/mol. The summed E-state index contributed by atoms with van der Waals surface area (Å²) in [7, 11) is 1.57. The van der Waals surface area contributed by atoms with Crippen LogP contribution in [0, 0.1) is 0 Å². The number of benzene rings is 1. The van der Waals surface area contributed by atoms with Crippen LogP contribution in [0.1, 0.15) is 16.5 Å². The standard InChI is InChI=1S/C12H13NO2S/c1-15-10-7-8(14)4-5-9(10)12(13)11-3-2-6-16-11/h2-7,12,14H,13H2,1H3/t12-/m0/s1. The number of aromatic hydroxyl groups is 1. The Bertz CT molecular complexity index is 468. The van der Waals surface area contributed by atoms with Gasteiger partial charge in [0.1, 0.15) is 11.5 Å². The van der Waals surface area contributed by atoms with E-state index in [4.69, 9.17) is 10.5 Å². The van der Waals surface area contributed by atoms with E-state index < -0.39 is 0 Å². The summed E-state index contributed by atoms with van der Waals surface area (Å²) in [5, 5.41) is 11.4. The van der Waals surface area contributed by atoms with Gasteiger partial charge >= 0.3 is 0 Å². The number of methoxy groups -OCH3 is 1. The first-order chi connectivity index (χ1) is 7.72. The summed E-state index contributed by atoms with van der Waals surface area (Å²) in [5.74, 6) is 0.792. The third-order valence-electron chi connectivity index (χ3n) is 2.40. The zero-order chi connectivity index (χ0) is 11.5. The molecule has 16 heavy (non-hydrogen) atoms. The number of thiophene rings is 1. The zero-order valence-corrected chi connectivity index (χ0v) is 9.70. The minimum atomic E-state index is -0.212. The molecule has 0 spiro atoms. The summed E-state index contributed by atoms with van der Waals surface area (Å²) in [6.07, 6.45) is 0. The number of hydrogen-bond acceptors (Lipinski definition) is 4. The quantitative estimate of drug-likeness (QED) is 0.859. The van der Waals surface area contributed by atoms with Gasteiger partial charge in [-0.05, 0) is 23.6 Å². The second-order valence-electron chi connectivity index (χ2n) is 3.42. The lowest BCUT2D eigenvalue weighted by atomic mass is 10.0. The van der Waals surface area contributed by atoms with Gasteiger partial charge in [-0.2, -0.15) is 0 Å². The molecule has 0 fully saturated rings. The van der Waals surface area contributed by atoms with Gasteiger partial charge in [0.2, 0.25) is 0 Å². The van der Waals surface area contributed by atoms with Gasteiger partial charge in [0.15, 0.2) is 0 Å². The molecular weight excluding hydrogens is 222 g/mol. The van der Waals surface area contributed by atoms with Crippen molar-refractivity contribution in [3.05, 3.63) is 46.2 Å². The Kier molecular flexibility index (Phi) is 3.12. The van der Waals surface area contributed by atoms with E-state index in [-0.39, 0.29) is 11.8 Å². The molecule has 0 aliphatic carbocycles.